The molecule has 2 fully saturated rings. The Kier molecular flexibility index (Phi) is 10.8. The van der Waals surface area contributed by atoms with Crippen LogP contribution in [0.3, 0.4) is 0 Å². The van der Waals surface area contributed by atoms with E-state index in [2.05, 4.69) is 106 Å². The summed E-state index contributed by atoms with van der Waals surface area (Å²) in [5.74, 6) is 4.62. The van der Waals surface area contributed by atoms with Gasteiger partial charge in [-0.15, -0.1) is 13.0 Å². The molecule has 0 saturated carbocycles. The summed E-state index contributed by atoms with van der Waals surface area (Å²) in [5.41, 5.74) is 2.08. The van der Waals surface area contributed by atoms with Crippen LogP contribution in [0.25, 0.3) is 0 Å². The minimum Gasteiger partial charge on any atom is -0.307 e. The monoisotopic (exact) mass is 430 g/mol. The van der Waals surface area contributed by atoms with Crippen LogP contribution < -0.4 is 5.32 Å². The molecule has 0 spiro atoms. The highest BCUT2D eigenvalue weighted by molar-refractivity contribution is 5.25. The first-order valence-electron chi connectivity index (χ1n) is 12.1. The van der Waals surface area contributed by atoms with Crippen LogP contribution in [-0.2, 0) is 0 Å². The third-order valence-corrected chi connectivity index (χ3v) is 7.18. The highest BCUT2D eigenvalue weighted by Gasteiger charge is 2.41. The van der Waals surface area contributed by atoms with Crippen LogP contribution in [0, 0.1) is 30.1 Å². The van der Waals surface area contributed by atoms with E-state index in [-0.39, 0.29) is 11.1 Å². The molecule has 1 N–H and O–H groups in total. The van der Waals surface area contributed by atoms with Gasteiger partial charge in [-0.3, -0.25) is 4.90 Å². The van der Waals surface area contributed by atoms with Gasteiger partial charge in [-0.05, 0) is 118 Å². The Balaban J connectivity index is 0.000000531. The van der Waals surface area contributed by atoms with Crippen LogP contribution >= 0.6 is 0 Å². The molecule has 0 aromatic heterocycles. The van der Waals surface area contributed by atoms with Crippen molar-refractivity contribution in [2.24, 2.45) is 17.8 Å². The molecule has 0 radical (unpaired) electrons. The van der Waals surface area contributed by atoms with Gasteiger partial charge in [0.2, 0.25) is 0 Å². The lowest BCUT2D eigenvalue weighted by Crippen LogP contribution is -2.58. The zero-order valence-electron chi connectivity index (χ0n) is 23.1. The average molecular weight is 431 g/mol. The average Bonchev–Trinajstić information content (AvgIpc) is 2.56. The van der Waals surface area contributed by atoms with Crippen molar-refractivity contribution in [2.45, 2.75) is 124 Å². The molecular weight excluding hydrogens is 376 g/mol. The molecule has 0 amide bonds. The van der Waals surface area contributed by atoms with Crippen LogP contribution in [0.15, 0.2) is 24.8 Å². The summed E-state index contributed by atoms with van der Waals surface area (Å²) in [4.78, 5) is 2.53. The van der Waals surface area contributed by atoms with Gasteiger partial charge in [0.15, 0.2) is 0 Å². The molecule has 2 heteroatoms. The van der Waals surface area contributed by atoms with Crippen molar-refractivity contribution >= 4 is 0 Å². The summed E-state index contributed by atoms with van der Waals surface area (Å²) in [6.45, 7) is 32.3. The van der Waals surface area contributed by atoms with Gasteiger partial charge in [-0.1, -0.05) is 32.4 Å². The smallest absolute Gasteiger partial charge is 0.0158 e. The highest BCUT2D eigenvalue weighted by Crippen LogP contribution is 2.40. The molecule has 0 aromatic carbocycles. The Morgan fingerprint density at radius 3 is 1.68 bits per heavy atom. The Labute approximate surface area is 196 Å². The maximum atomic E-state index is 5.45. The number of rotatable bonds is 2. The zero-order chi connectivity index (χ0) is 24.8. The lowest BCUT2D eigenvalue weighted by Gasteiger charge is -2.53. The topological polar surface area (TPSA) is 15.3 Å². The van der Waals surface area contributed by atoms with E-state index < -0.39 is 0 Å². The number of hydrogen-bond acceptors (Lipinski definition) is 2. The van der Waals surface area contributed by atoms with Gasteiger partial charge in [0.1, 0.15) is 0 Å². The van der Waals surface area contributed by atoms with E-state index in [0.717, 1.165) is 24.3 Å². The van der Waals surface area contributed by atoms with E-state index in [1.807, 2.05) is 6.92 Å². The van der Waals surface area contributed by atoms with E-state index in [9.17, 15) is 0 Å². The number of likely N-dealkylation sites (tertiary alicyclic amines) is 1. The van der Waals surface area contributed by atoms with E-state index >= 15 is 0 Å². The number of nitrogens with one attached hydrogen (secondary N) is 1. The van der Waals surface area contributed by atoms with E-state index in [4.69, 9.17) is 6.42 Å². The number of nitrogens with zero attached hydrogens (tertiary/aromatic N) is 1. The Morgan fingerprint density at radius 2 is 1.35 bits per heavy atom. The molecule has 2 rings (SSSR count). The number of allylic oxidation sites excluding steroid dienone is 2. The molecule has 180 valence electrons. The number of hydrogen-bond donors (Lipinski definition) is 1. The molecule has 0 bridgehead atoms. The number of piperidine rings is 2. The molecular formula is C29H54N2. The normalized spacial score (nSPS) is 25.5. The summed E-state index contributed by atoms with van der Waals surface area (Å²) in [5, 5.41) is 3.69. The van der Waals surface area contributed by atoms with Crippen LogP contribution in [0.1, 0.15) is 102 Å². The van der Waals surface area contributed by atoms with Gasteiger partial charge in [-0.2, -0.15) is 0 Å². The summed E-state index contributed by atoms with van der Waals surface area (Å²) >= 11 is 0. The Hall–Kier alpha value is -1.04. The molecule has 1 atom stereocenters. The summed E-state index contributed by atoms with van der Waals surface area (Å²) in [6.07, 6.45) is 12.2. The molecule has 2 nitrogen and oxygen atoms in total. The lowest BCUT2D eigenvalue weighted by molar-refractivity contribution is -0.0255. The summed E-state index contributed by atoms with van der Waals surface area (Å²) in [7, 11) is 2.26. The van der Waals surface area contributed by atoms with Crippen molar-refractivity contribution in [1.82, 2.24) is 10.2 Å². The molecule has 0 aromatic rings. The van der Waals surface area contributed by atoms with Gasteiger partial charge in [0.05, 0.1) is 0 Å². The van der Waals surface area contributed by atoms with E-state index in [0.29, 0.717) is 22.9 Å². The first-order chi connectivity index (χ1) is 13.8. The SMILES string of the molecule is C#CC(=C)C(C)C1CC(C)(C)NC(C)(C)C1.C=CC.CC1CC(C)(C)N(C)C(C)(C)C1. The van der Waals surface area contributed by atoms with Crippen molar-refractivity contribution in [1.29, 1.82) is 0 Å². The van der Waals surface area contributed by atoms with E-state index in [1.54, 1.807) is 6.08 Å². The quantitative estimate of drug-likeness (QED) is 0.361. The first-order valence-corrected chi connectivity index (χ1v) is 12.1. The summed E-state index contributed by atoms with van der Waals surface area (Å²) < 4.78 is 0. The Bertz CT molecular complexity index is 596. The minimum absolute atomic E-state index is 0.190. The second kappa shape index (κ2) is 11.2. The van der Waals surface area contributed by atoms with Crippen LogP contribution in [-0.4, -0.2) is 34.1 Å². The maximum absolute atomic E-state index is 5.45. The fourth-order valence-electron chi connectivity index (χ4n) is 6.04. The van der Waals surface area contributed by atoms with Crippen molar-refractivity contribution in [3.63, 3.8) is 0 Å². The molecule has 2 saturated heterocycles. The van der Waals surface area contributed by atoms with Crippen molar-refractivity contribution in [3.8, 4) is 12.3 Å². The van der Waals surface area contributed by atoms with Gasteiger partial charge < -0.3 is 5.32 Å². The molecule has 2 heterocycles. The third-order valence-electron chi connectivity index (χ3n) is 7.18. The molecule has 31 heavy (non-hydrogen) atoms. The van der Waals surface area contributed by atoms with Crippen molar-refractivity contribution in [2.75, 3.05) is 7.05 Å². The standard InChI is InChI=1S/C15H25N.C11H23N.C3H6/c1-8-11(2)12(3)13-9-14(4,5)16-15(6,7)10-13;1-9-7-10(2,3)12(6)11(4,5)8-9;1-3-2/h1,12-13,16H,2,9-10H2,3-7H3;9H,7-8H2,1-6H3;3H,1H2,2H3. The molecule has 1 unspecified atom stereocenters. The molecule has 0 aliphatic carbocycles. The third kappa shape index (κ3) is 9.55. The maximum Gasteiger partial charge on any atom is 0.0158 e. The second-order valence-electron chi connectivity index (χ2n) is 12.6. The van der Waals surface area contributed by atoms with Crippen molar-refractivity contribution < 1.29 is 0 Å². The zero-order valence-corrected chi connectivity index (χ0v) is 23.1. The fourth-order valence-corrected chi connectivity index (χ4v) is 6.04. The predicted octanol–water partition coefficient (Wildman–Crippen LogP) is 7.47. The molecule has 2 aliphatic rings. The van der Waals surface area contributed by atoms with E-state index in [1.165, 1.54) is 12.8 Å². The van der Waals surface area contributed by atoms with Crippen LogP contribution in [0.4, 0.5) is 0 Å². The minimum atomic E-state index is 0.190. The molecule has 2 aliphatic heterocycles. The predicted molar refractivity (Wildman–Crippen MR) is 141 cm³/mol. The lowest BCUT2D eigenvalue weighted by atomic mass is 9.70. The second-order valence-corrected chi connectivity index (χ2v) is 12.6. The van der Waals surface area contributed by atoms with Gasteiger partial charge in [0, 0.05) is 22.2 Å². The van der Waals surface area contributed by atoms with Crippen LogP contribution in [0.5, 0.6) is 0 Å². The van der Waals surface area contributed by atoms with Gasteiger partial charge in [0.25, 0.3) is 0 Å². The number of terminal acetylenes is 1. The fraction of sp³-hybridized carbons (Fsp3) is 0.793. The van der Waals surface area contributed by atoms with Gasteiger partial charge in [-0.25, -0.2) is 0 Å². The Morgan fingerprint density at radius 1 is 1.00 bits per heavy atom. The highest BCUT2D eigenvalue weighted by atomic mass is 15.2. The van der Waals surface area contributed by atoms with Crippen molar-refractivity contribution in [3.05, 3.63) is 24.8 Å². The first kappa shape index (κ1) is 30.0. The van der Waals surface area contributed by atoms with Gasteiger partial charge >= 0.3 is 0 Å². The van der Waals surface area contributed by atoms with Crippen LogP contribution in [0.2, 0.25) is 0 Å². The largest absolute Gasteiger partial charge is 0.307 e. The summed E-state index contributed by atoms with van der Waals surface area (Å²) in [6, 6.07) is 0.